The highest BCUT2D eigenvalue weighted by atomic mass is 16.2. The largest absolute Gasteiger partial charge is 0.336 e. The maximum Gasteiger partial charge on any atom is 0.257 e. The van der Waals surface area contributed by atoms with Crippen molar-refractivity contribution in [1.29, 1.82) is 0 Å². The van der Waals surface area contributed by atoms with Crippen LogP contribution in [0.3, 0.4) is 0 Å². The van der Waals surface area contributed by atoms with Crippen LogP contribution in [0.15, 0.2) is 12.4 Å². The van der Waals surface area contributed by atoms with Crippen LogP contribution in [-0.2, 0) is 7.05 Å². The van der Waals surface area contributed by atoms with E-state index in [1.54, 1.807) is 17.1 Å². The Hall–Kier alpha value is -1.36. The number of piperazine rings is 1. The topological polar surface area (TPSA) is 50.2 Å². The zero-order valence-corrected chi connectivity index (χ0v) is 8.23. The molecule has 0 radical (unpaired) electrons. The van der Waals surface area contributed by atoms with Crippen LogP contribution in [0.2, 0.25) is 0 Å². The smallest absolute Gasteiger partial charge is 0.257 e. The molecule has 1 aromatic rings. The van der Waals surface area contributed by atoms with Gasteiger partial charge in [-0.25, -0.2) is 0 Å². The van der Waals surface area contributed by atoms with E-state index in [2.05, 4.69) is 10.4 Å². The molecule has 5 nitrogen and oxygen atoms in total. The average molecular weight is 194 g/mol. The molecule has 5 heteroatoms. The van der Waals surface area contributed by atoms with Gasteiger partial charge in [0, 0.05) is 39.4 Å². The van der Waals surface area contributed by atoms with E-state index in [4.69, 9.17) is 0 Å². The van der Waals surface area contributed by atoms with Crippen molar-refractivity contribution in [2.24, 2.45) is 7.05 Å². The van der Waals surface area contributed by atoms with Crippen molar-refractivity contribution in [1.82, 2.24) is 20.0 Å². The van der Waals surface area contributed by atoms with Gasteiger partial charge in [0.15, 0.2) is 0 Å². The first-order valence-corrected chi connectivity index (χ1v) is 4.76. The highest BCUT2D eigenvalue weighted by Gasteiger charge is 2.18. The lowest BCUT2D eigenvalue weighted by atomic mass is 10.2. The van der Waals surface area contributed by atoms with Gasteiger partial charge in [-0.3, -0.25) is 9.48 Å². The summed E-state index contributed by atoms with van der Waals surface area (Å²) in [7, 11) is 1.81. The predicted octanol–water partition coefficient (Wildman–Crippen LogP) is -0.534. The second kappa shape index (κ2) is 3.79. The molecule has 1 aliphatic rings. The normalized spacial score (nSPS) is 17.1. The highest BCUT2D eigenvalue weighted by Crippen LogP contribution is 2.04. The Morgan fingerprint density at radius 3 is 2.79 bits per heavy atom. The zero-order valence-electron chi connectivity index (χ0n) is 8.23. The number of aromatic nitrogens is 2. The van der Waals surface area contributed by atoms with E-state index in [1.165, 1.54) is 0 Å². The molecule has 0 aliphatic carbocycles. The molecule has 1 N–H and O–H groups in total. The fourth-order valence-corrected chi connectivity index (χ4v) is 1.58. The number of rotatable bonds is 1. The first-order valence-electron chi connectivity index (χ1n) is 4.76. The molecule has 14 heavy (non-hydrogen) atoms. The molecule has 0 unspecified atom stereocenters. The van der Waals surface area contributed by atoms with E-state index in [0.717, 1.165) is 26.2 Å². The van der Waals surface area contributed by atoms with Gasteiger partial charge < -0.3 is 10.2 Å². The number of aryl methyl sites for hydroxylation is 1. The average Bonchev–Trinajstić information content (AvgIpc) is 2.65. The Morgan fingerprint density at radius 2 is 2.21 bits per heavy atom. The maximum absolute atomic E-state index is 11.9. The van der Waals surface area contributed by atoms with Gasteiger partial charge in [0.05, 0.1) is 11.8 Å². The third-order valence-electron chi connectivity index (χ3n) is 2.36. The summed E-state index contributed by atoms with van der Waals surface area (Å²) in [5.74, 6) is 0.0830. The van der Waals surface area contributed by atoms with E-state index in [-0.39, 0.29) is 5.91 Å². The van der Waals surface area contributed by atoms with E-state index >= 15 is 0 Å². The summed E-state index contributed by atoms with van der Waals surface area (Å²) in [6.45, 7) is 3.33. The van der Waals surface area contributed by atoms with E-state index in [0.29, 0.717) is 5.56 Å². The lowest BCUT2D eigenvalue weighted by Gasteiger charge is -2.26. The Bertz CT molecular complexity index is 327. The first-order chi connectivity index (χ1) is 6.77. The van der Waals surface area contributed by atoms with Gasteiger partial charge in [-0.15, -0.1) is 0 Å². The van der Waals surface area contributed by atoms with E-state index in [1.807, 2.05) is 11.9 Å². The molecule has 1 fully saturated rings. The fourth-order valence-electron chi connectivity index (χ4n) is 1.58. The van der Waals surface area contributed by atoms with Gasteiger partial charge in [0.2, 0.25) is 0 Å². The molecule has 2 rings (SSSR count). The summed E-state index contributed by atoms with van der Waals surface area (Å²) in [4.78, 5) is 13.7. The minimum absolute atomic E-state index is 0.0830. The Balaban J connectivity index is 2.07. The van der Waals surface area contributed by atoms with Crippen molar-refractivity contribution < 1.29 is 4.79 Å². The van der Waals surface area contributed by atoms with Gasteiger partial charge in [-0.1, -0.05) is 0 Å². The molecule has 1 amide bonds. The molecular weight excluding hydrogens is 180 g/mol. The van der Waals surface area contributed by atoms with Crippen molar-refractivity contribution >= 4 is 5.91 Å². The number of hydrogen-bond donors (Lipinski definition) is 1. The molecule has 0 atom stereocenters. The quantitative estimate of drug-likeness (QED) is 0.653. The number of nitrogens with one attached hydrogen (secondary N) is 1. The minimum Gasteiger partial charge on any atom is -0.336 e. The minimum atomic E-state index is 0.0830. The number of amides is 1. The van der Waals surface area contributed by atoms with Crippen LogP contribution in [0.25, 0.3) is 0 Å². The maximum atomic E-state index is 11.9. The molecule has 76 valence electrons. The van der Waals surface area contributed by atoms with Crippen LogP contribution in [0.1, 0.15) is 10.4 Å². The number of hydrogen-bond acceptors (Lipinski definition) is 3. The molecule has 0 bridgehead atoms. The number of carbonyl (C=O) groups excluding carboxylic acids is 1. The molecule has 1 saturated heterocycles. The summed E-state index contributed by atoms with van der Waals surface area (Å²) in [6.07, 6.45) is 3.37. The lowest BCUT2D eigenvalue weighted by molar-refractivity contribution is 0.0735. The van der Waals surface area contributed by atoms with Crippen LogP contribution in [0.5, 0.6) is 0 Å². The van der Waals surface area contributed by atoms with Crippen LogP contribution in [0.4, 0.5) is 0 Å². The van der Waals surface area contributed by atoms with Gasteiger partial charge >= 0.3 is 0 Å². The predicted molar refractivity (Wildman–Crippen MR) is 52.0 cm³/mol. The lowest BCUT2D eigenvalue weighted by Crippen LogP contribution is -2.46. The van der Waals surface area contributed by atoms with E-state index < -0.39 is 0 Å². The fraction of sp³-hybridized carbons (Fsp3) is 0.556. The van der Waals surface area contributed by atoms with Crippen molar-refractivity contribution in [2.45, 2.75) is 0 Å². The van der Waals surface area contributed by atoms with Crippen molar-refractivity contribution in [3.8, 4) is 0 Å². The third kappa shape index (κ3) is 1.77. The highest BCUT2D eigenvalue weighted by molar-refractivity contribution is 5.93. The molecule has 1 aliphatic heterocycles. The van der Waals surface area contributed by atoms with Crippen molar-refractivity contribution in [2.75, 3.05) is 26.2 Å². The number of nitrogens with zero attached hydrogens (tertiary/aromatic N) is 3. The molecule has 1 aromatic heterocycles. The first kappa shape index (κ1) is 9.21. The van der Waals surface area contributed by atoms with Gasteiger partial charge in [0.25, 0.3) is 5.91 Å². The Labute approximate surface area is 82.7 Å². The molecule has 0 spiro atoms. The Morgan fingerprint density at radius 1 is 1.50 bits per heavy atom. The molecule has 0 aromatic carbocycles. The second-order valence-electron chi connectivity index (χ2n) is 3.44. The summed E-state index contributed by atoms with van der Waals surface area (Å²) in [5, 5.41) is 7.20. The summed E-state index contributed by atoms with van der Waals surface area (Å²) in [5.41, 5.74) is 0.675. The molecule has 2 heterocycles. The SMILES string of the molecule is Cn1cc(C(=O)N2CCNCC2)cn1. The van der Waals surface area contributed by atoms with Gasteiger partial charge in [-0.2, -0.15) is 5.10 Å². The van der Waals surface area contributed by atoms with Crippen LogP contribution >= 0.6 is 0 Å². The monoisotopic (exact) mass is 194 g/mol. The van der Waals surface area contributed by atoms with E-state index in [9.17, 15) is 4.79 Å². The standard InChI is InChI=1S/C9H14N4O/c1-12-7-8(6-11-12)9(14)13-4-2-10-3-5-13/h6-7,10H,2-5H2,1H3. The van der Waals surface area contributed by atoms with Crippen LogP contribution in [-0.4, -0.2) is 46.8 Å². The van der Waals surface area contributed by atoms with Crippen molar-refractivity contribution in [3.63, 3.8) is 0 Å². The van der Waals surface area contributed by atoms with Gasteiger partial charge in [-0.05, 0) is 0 Å². The summed E-state index contributed by atoms with van der Waals surface area (Å²) >= 11 is 0. The second-order valence-corrected chi connectivity index (χ2v) is 3.44. The third-order valence-corrected chi connectivity index (χ3v) is 2.36. The Kier molecular flexibility index (Phi) is 2.49. The molecular formula is C9H14N4O. The van der Waals surface area contributed by atoms with Crippen LogP contribution in [0, 0.1) is 0 Å². The van der Waals surface area contributed by atoms with Crippen molar-refractivity contribution in [3.05, 3.63) is 18.0 Å². The number of carbonyl (C=O) groups is 1. The zero-order chi connectivity index (χ0) is 9.97. The van der Waals surface area contributed by atoms with Gasteiger partial charge in [0.1, 0.15) is 0 Å². The summed E-state index contributed by atoms with van der Waals surface area (Å²) < 4.78 is 1.65. The van der Waals surface area contributed by atoms with Crippen LogP contribution < -0.4 is 5.32 Å². The summed E-state index contributed by atoms with van der Waals surface area (Å²) in [6, 6.07) is 0. The molecule has 0 saturated carbocycles.